The van der Waals surface area contributed by atoms with Crippen LogP contribution in [0.3, 0.4) is 0 Å². The van der Waals surface area contributed by atoms with Crippen LogP contribution in [0.4, 0.5) is 0 Å². The molecule has 0 aromatic carbocycles. The van der Waals surface area contributed by atoms with Gasteiger partial charge in [-0.3, -0.25) is 9.97 Å². The number of aliphatic hydroxyl groups excluding tert-OH is 1. The standard InChI is InChI=1S/C5H7N3O4.2C3H4O2/c9-2-1-8-4(11)6-3(10)7-5(8)12;2*1-2-3(4)5/h9H,1-2H2,(H2,6,7,10,11,12);2*2H,1H2,(H,4,5). The number of aromatic amines is 2. The molecular weight excluding hydrogens is 302 g/mol. The summed E-state index contributed by atoms with van der Waals surface area (Å²) in [5, 5.41) is 23.6. The predicted octanol–water partition coefficient (Wildman–Crippen LogP) is -2.27. The average Bonchev–Trinajstić information content (AvgIpc) is 2.44. The van der Waals surface area contributed by atoms with Crippen LogP contribution in [-0.4, -0.2) is 48.4 Å². The Morgan fingerprint density at radius 1 is 1.00 bits per heavy atom. The number of hydrogen-bond donors (Lipinski definition) is 5. The van der Waals surface area contributed by atoms with Gasteiger partial charge in [-0.25, -0.2) is 28.5 Å². The summed E-state index contributed by atoms with van der Waals surface area (Å²) in [6.45, 7) is 5.45. The lowest BCUT2D eigenvalue weighted by Gasteiger charge is -1.97. The van der Waals surface area contributed by atoms with Crippen molar-refractivity contribution in [2.75, 3.05) is 6.61 Å². The first kappa shape index (κ1) is 21.1. The summed E-state index contributed by atoms with van der Waals surface area (Å²) in [5.41, 5.74) is -2.49. The van der Waals surface area contributed by atoms with E-state index in [4.69, 9.17) is 15.3 Å². The molecule has 11 heteroatoms. The molecule has 0 bridgehead atoms. The lowest BCUT2D eigenvalue weighted by molar-refractivity contribution is -0.132. The van der Waals surface area contributed by atoms with Crippen LogP contribution in [0.15, 0.2) is 39.7 Å². The lowest BCUT2D eigenvalue weighted by atomic mass is 10.7. The summed E-state index contributed by atoms with van der Waals surface area (Å²) in [6.07, 6.45) is 1.67. The van der Waals surface area contributed by atoms with Crippen molar-refractivity contribution in [1.82, 2.24) is 14.5 Å². The number of rotatable bonds is 4. The fourth-order valence-corrected chi connectivity index (χ4v) is 0.756. The van der Waals surface area contributed by atoms with Crippen LogP contribution in [0.25, 0.3) is 0 Å². The molecule has 0 radical (unpaired) electrons. The molecule has 5 N–H and O–H groups in total. The zero-order chi connectivity index (χ0) is 17.7. The van der Waals surface area contributed by atoms with E-state index < -0.39 is 29.0 Å². The fraction of sp³-hybridized carbons (Fsp3) is 0.182. The normalized spacial score (nSPS) is 8.41. The van der Waals surface area contributed by atoms with E-state index in [9.17, 15) is 24.0 Å². The van der Waals surface area contributed by atoms with Crippen LogP contribution in [0, 0.1) is 0 Å². The van der Waals surface area contributed by atoms with Gasteiger partial charge in [0.05, 0.1) is 13.2 Å². The molecule has 122 valence electrons. The lowest BCUT2D eigenvalue weighted by Crippen LogP contribution is -2.43. The van der Waals surface area contributed by atoms with Gasteiger partial charge in [0.15, 0.2) is 0 Å². The molecule has 0 aliphatic heterocycles. The van der Waals surface area contributed by atoms with E-state index in [-0.39, 0.29) is 13.2 Å². The number of carbonyl (C=O) groups is 2. The molecule has 0 aliphatic rings. The molecule has 0 amide bonds. The van der Waals surface area contributed by atoms with E-state index in [0.717, 1.165) is 12.2 Å². The number of nitrogens with one attached hydrogen (secondary N) is 2. The largest absolute Gasteiger partial charge is 0.478 e. The number of hydrogen-bond acceptors (Lipinski definition) is 6. The quantitative estimate of drug-likeness (QED) is 0.385. The van der Waals surface area contributed by atoms with Gasteiger partial charge >= 0.3 is 29.0 Å². The van der Waals surface area contributed by atoms with Gasteiger partial charge in [-0.2, -0.15) is 0 Å². The minimum Gasteiger partial charge on any atom is -0.478 e. The molecule has 0 atom stereocenters. The minimum absolute atomic E-state index is 0.134. The molecule has 0 spiro atoms. The van der Waals surface area contributed by atoms with E-state index >= 15 is 0 Å². The summed E-state index contributed by atoms with van der Waals surface area (Å²) in [7, 11) is 0. The summed E-state index contributed by atoms with van der Waals surface area (Å²) in [6, 6.07) is 0. The van der Waals surface area contributed by atoms with Crippen LogP contribution in [-0.2, 0) is 16.1 Å². The fourth-order valence-electron chi connectivity index (χ4n) is 0.756. The Hall–Kier alpha value is -3.21. The molecular formula is C11H15N3O8. The molecule has 22 heavy (non-hydrogen) atoms. The Morgan fingerprint density at radius 3 is 1.55 bits per heavy atom. The minimum atomic E-state index is -0.981. The Bertz CT molecular complexity index is 629. The third-order valence-electron chi connectivity index (χ3n) is 1.60. The van der Waals surface area contributed by atoms with Crippen LogP contribution >= 0.6 is 0 Å². The molecule has 1 aromatic heterocycles. The van der Waals surface area contributed by atoms with Crippen LogP contribution in [0.1, 0.15) is 0 Å². The first-order valence-corrected chi connectivity index (χ1v) is 5.44. The van der Waals surface area contributed by atoms with E-state index in [1.54, 1.807) is 0 Å². The van der Waals surface area contributed by atoms with E-state index in [2.05, 4.69) is 13.2 Å². The highest BCUT2D eigenvalue weighted by Gasteiger charge is 1.99. The molecule has 0 fully saturated rings. The van der Waals surface area contributed by atoms with Crippen molar-refractivity contribution in [3.63, 3.8) is 0 Å². The van der Waals surface area contributed by atoms with Gasteiger partial charge in [0, 0.05) is 12.2 Å². The number of H-pyrrole nitrogens is 2. The highest BCUT2D eigenvalue weighted by molar-refractivity contribution is 5.79. The predicted molar refractivity (Wildman–Crippen MR) is 74.7 cm³/mol. The number of nitrogens with zero attached hydrogens (tertiary/aromatic N) is 1. The molecule has 11 nitrogen and oxygen atoms in total. The Balaban J connectivity index is 0. The van der Waals surface area contributed by atoms with Crippen LogP contribution in [0.2, 0.25) is 0 Å². The second-order valence-electron chi connectivity index (χ2n) is 3.15. The van der Waals surface area contributed by atoms with Gasteiger partial charge in [-0.1, -0.05) is 13.2 Å². The zero-order valence-corrected chi connectivity index (χ0v) is 11.3. The zero-order valence-electron chi connectivity index (χ0n) is 11.3. The van der Waals surface area contributed by atoms with Crippen molar-refractivity contribution < 1.29 is 24.9 Å². The SMILES string of the molecule is C=CC(=O)O.C=CC(=O)O.O=c1[nH]c(=O)n(CCO)c(=O)[nH]1. The molecule has 0 unspecified atom stereocenters. The van der Waals surface area contributed by atoms with E-state index in [1.807, 2.05) is 9.97 Å². The van der Waals surface area contributed by atoms with Crippen molar-refractivity contribution in [3.05, 3.63) is 56.8 Å². The number of aromatic nitrogens is 3. The molecule has 0 saturated heterocycles. The molecule has 0 aliphatic carbocycles. The number of aliphatic hydroxyl groups is 1. The van der Waals surface area contributed by atoms with Crippen molar-refractivity contribution in [2.24, 2.45) is 0 Å². The monoisotopic (exact) mass is 317 g/mol. The molecule has 1 rings (SSSR count). The second-order valence-corrected chi connectivity index (χ2v) is 3.15. The third-order valence-corrected chi connectivity index (χ3v) is 1.60. The second kappa shape index (κ2) is 11.6. The molecule has 0 saturated carbocycles. The van der Waals surface area contributed by atoms with Gasteiger partial charge in [-0.05, 0) is 0 Å². The third kappa shape index (κ3) is 10.7. The van der Waals surface area contributed by atoms with Gasteiger partial charge in [0.1, 0.15) is 0 Å². The van der Waals surface area contributed by atoms with Gasteiger partial charge < -0.3 is 15.3 Å². The molecule has 1 aromatic rings. The first-order chi connectivity index (χ1) is 10.2. The first-order valence-electron chi connectivity index (χ1n) is 5.44. The number of carboxylic acid groups (broad SMARTS) is 2. The highest BCUT2D eigenvalue weighted by Crippen LogP contribution is 1.63. The van der Waals surface area contributed by atoms with Gasteiger partial charge in [0.25, 0.3) is 0 Å². The summed E-state index contributed by atoms with van der Waals surface area (Å²) >= 11 is 0. The maximum Gasteiger partial charge on any atom is 0.333 e. The van der Waals surface area contributed by atoms with E-state index in [0.29, 0.717) is 4.57 Å². The maximum atomic E-state index is 10.8. The maximum absolute atomic E-state index is 10.8. The average molecular weight is 317 g/mol. The van der Waals surface area contributed by atoms with Crippen molar-refractivity contribution >= 4 is 11.9 Å². The van der Waals surface area contributed by atoms with Crippen LogP contribution in [0.5, 0.6) is 0 Å². The number of carboxylic acids is 2. The summed E-state index contributed by atoms with van der Waals surface area (Å²) in [4.78, 5) is 54.3. The topological polar surface area (TPSA) is 183 Å². The number of aliphatic carboxylic acids is 2. The summed E-state index contributed by atoms with van der Waals surface area (Å²) < 4.78 is 0.696. The highest BCUT2D eigenvalue weighted by atomic mass is 16.4. The Kier molecular flexibility index (Phi) is 11.1. The summed E-state index contributed by atoms with van der Waals surface area (Å²) in [5.74, 6) is -1.96. The van der Waals surface area contributed by atoms with Gasteiger partial charge in [-0.15, -0.1) is 0 Å². The van der Waals surface area contributed by atoms with Crippen molar-refractivity contribution in [3.8, 4) is 0 Å². The van der Waals surface area contributed by atoms with Crippen molar-refractivity contribution in [1.29, 1.82) is 0 Å². The molecule has 1 heterocycles. The Labute approximate surface area is 122 Å². The van der Waals surface area contributed by atoms with Crippen LogP contribution < -0.4 is 17.1 Å². The smallest absolute Gasteiger partial charge is 0.333 e. The van der Waals surface area contributed by atoms with Crippen molar-refractivity contribution in [2.45, 2.75) is 6.54 Å². The van der Waals surface area contributed by atoms with Gasteiger partial charge in [0.2, 0.25) is 0 Å². The van der Waals surface area contributed by atoms with E-state index in [1.165, 1.54) is 0 Å². The Morgan fingerprint density at radius 2 is 1.32 bits per heavy atom.